The summed E-state index contributed by atoms with van der Waals surface area (Å²) in [4.78, 5) is 37.0. The average molecular weight is 356 g/mol. The van der Waals surface area contributed by atoms with Crippen molar-refractivity contribution < 1.29 is 14.4 Å². The molecule has 1 atom stereocenters. The highest BCUT2D eigenvalue weighted by molar-refractivity contribution is 5.99. The standard InChI is InChI=1S/C19H24N4O3/c1-12(2)16(20-17(24)14-9-6-5-8-13(14)3)19(26)22-21-18(25)15-10-7-11-23(15)4/h5-12,16H,1-4H3,(H,20,24)(H,21,25)(H,22,26)/t16-/m0/s1. The van der Waals surface area contributed by atoms with E-state index in [1.54, 1.807) is 42.1 Å². The van der Waals surface area contributed by atoms with E-state index in [1.807, 2.05) is 32.9 Å². The molecule has 0 saturated carbocycles. The molecule has 0 bridgehead atoms. The number of amides is 3. The lowest BCUT2D eigenvalue weighted by molar-refractivity contribution is -0.124. The van der Waals surface area contributed by atoms with Gasteiger partial charge in [-0.25, -0.2) is 0 Å². The van der Waals surface area contributed by atoms with Crippen LogP contribution >= 0.6 is 0 Å². The minimum atomic E-state index is -0.782. The zero-order valence-electron chi connectivity index (χ0n) is 15.4. The average Bonchev–Trinajstić information content (AvgIpc) is 3.03. The van der Waals surface area contributed by atoms with Crippen LogP contribution < -0.4 is 16.2 Å². The summed E-state index contributed by atoms with van der Waals surface area (Å²) in [5.74, 6) is -1.40. The van der Waals surface area contributed by atoms with Gasteiger partial charge in [-0.1, -0.05) is 32.0 Å². The van der Waals surface area contributed by atoms with Gasteiger partial charge in [0.2, 0.25) is 0 Å². The van der Waals surface area contributed by atoms with E-state index in [0.29, 0.717) is 11.3 Å². The van der Waals surface area contributed by atoms with Gasteiger partial charge in [0.1, 0.15) is 11.7 Å². The van der Waals surface area contributed by atoms with E-state index in [0.717, 1.165) is 5.56 Å². The van der Waals surface area contributed by atoms with Crippen LogP contribution in [0.2, 0.25) is 0 Å². The van der Waals surface area contributed by atoms with Crippen LogP contribution in [0.5, 0.6) is 0 Å². The zero-order valence-corrected chi connectivity index (χ0v) is 15.4. The normalized spacial score (nSPS) is 11.7. The molecule has 0 spiro atoms. The summed E-state index contributed by atoms with van der Waals surface area (Å²) in [5, 5.41) is 2.74. The van der Waals surface area contributed by atoms with Gasteiger partial charge >= 0.3 is 0 Å². The lowest BCUT2D eigenvalue weighted by Gasteiger charge is -2.22. The number of carbonyl (C=O) groups is 3. The van der Waals surface area contributed by atoms with E-state index >= 15 is 0 Å². The van der Waals surface area contributed by atoms with Gasteiger partial charge in [-0.05, 0) is 36.6 Å². The number of hydrogen-bond acceptors (Lipinski definition) is 3. The Morgan fingerprint density at radius 1 is 0.962 bits per heavy atom. The number of hydrogen-bond donors (Lipinski definition) is 3. The molecule has 0 unspecified atom stereocenters. The second-order valence-corrected chi connectivity index (χ2v) is 6.46. The van der Waals surface area contributed by atoms with Crippen molar-refractivity contribution in [3.63, 3.8) is 0 Å². The Morgan fingerprint density at radius 3 is 2.23 bits per heavy atom. The molecule has 3 amide bonds. The van der Waals surface area contributed by atoms with Gasteiger partial charge in [0.15, 0.2) is 0 Å². The third-order valence-electron chi connectivity index (χ3n) is 4.10. The maximum atomic E-state index is 12.5. The second-order valence-electron chi connectivity index (χ2n) is 6.46. The highest BCUT2D eigenvalue weighted by Gasteiger charge is 2.25. The largest absolute Gasteiger partial charge is 0.347 e. The van der Waals surface area contributed by atoms with E-state index in [2.05, 4.69) is 16.2 Å². The minimum Gasteiger partial charge on any atom is -0.347 e. The first-order valence-corrected chi connectivity index (χ1v) is 8.39. The molecule has 3 N–H and O–H groups in total. The maximum Gasteiger partial charge on any atom is 0.286 e. The molecule has 2 rings (SSSR count). The number of rotatable bonds is 5. The monoisotopic (exact) mass is 356 g/mol. The van der Waals surface area contributed by atoms with E-state index in [4.69, 9.17) is 0 Å². The van der Waals surface area contributed by atoms with E-state index in [1.165, 1.54) is 0 Å². The van der Waals surface area contributed by atoms with Crippen LogP contribution in [0.25, 0.3) is 0 Å². The summed E-state index contributed by atoms with van der Waals surface area (Å²) in [6.07, 6.45) is 1.73. The molecular weight excluding hydrogens is 332 g/mol. The Morgan fingerprint density at radius 2 is 1.65 bits per heavy atom. The van der Waals surface area contributed by atoms with Crippen molar-refractivity contribution in [1.82, 2.24) is 20.7 Å². The fourth-order valence-corrected chi connectivity index (χ4v) is 2.54. The number of aromatic nitrogens is 1. The van der Waals surface area contributed by atoms with Gasteiger partial charge in [-0.3, -0.25) is 25.2 Å². The molecule has 0 radical (unpaired) electrons. The Kier molecular flexibility index (Phi) is 6.16. The van der Waals surface area contributed by atoms with Gasteiger partial charge < -0.3 is 9.88 Å². The Labute approximate surface area is 152 Å². The molecule has 1 heterocycles. The van der Waals surface area contributed by atoms with Crippen LogP contribution in [0, 0.1) is 12.8 Å². The van der Waals surface area contributed by atoms with Gasteiger partial charge in [-0.15, -0.1) is 0 Å². The summed E-state index contributed by atoms with van der Waals surface area (Å²) in [5.41, 5.74) is 6.51. The Hall–Kier alpha value is -3.09. The van der Waals surface area contributed by atoms with Crippen molar-refractivity contribution in [1.29, 1.82) is 0 Å². The SMILES string of the molecule is Cc1ccccc1C(=O)N[C@H](C(=O)NNC(=O)c1cccn1C)C(C)C. The maximum absolute atomic E-state index is 12.5. The number of aryl methyl sites for hydroxylation is 2. The van der Waals surface area contributed by atoms with Crippen molar-refractivity contribution in [2.75, 3.05) is 0 Å². The van der Waals surface area contributed by atoms with Crippen LogP contribution in [0.3, 0.4) is 0 Å². The summed E-state index contributed by atoms with van der Waals surface area (Å²) in [6, 6.07) is 9.74. The fraction of sp³-hybridized carbons (Fsp3) is 0.316. The summed E-state index contributed by atoms with van der Waals surface area (Å²) < 4.78 is 1.64. The molecule has 0 fully saturated rings. The predicted octanol–water partition coefficient (Wildman–Crippen LogP) is 1.55. The minimum absolute atomic E-state index is 0.157. The number of nitrogens with zero attached hydrogens (tertiary/aromatic N) is 1. The Balaban J connectivity index is 2.01. The molecule has 0 aliphatic carbocycles. The van der Waals surface area contributed by atoms with Crippen molar-refractivity contribution in [3.8, 4) is 0 Å². The van der Waals surface area contributed by atoms with Crippen LogP contribution in [0.1, 0.15) is 40.3 Å². The second kappa shape index (κ2) is 8.33. The highest BCUT2D eigenvalue weighted by Crippen LogP contribution is 2.09. The first-order valence-electron chi connectivity index (χ1n) is 8.39. The molecule has 138 valence electrons. The molecule has 7 nitrogen and oxygen atoms in total. The van der Waals surface area contributed by atoms with Crippen molar-refractivity contribution >= 4 is 17.7 Å². The molecule has 7 heteroatoms. The van der Waals surface area contributed by atoms with Gasteiger partial charge in [-0.2, -0.15) is 0 Å². The first kappa shape index (κ1) is 19.2. The Bertz CT molecular complexity index is 811. The molecular formula is C19H24N4O3. The summed E-state index contributed by atoms with van der Waals surface area (Å²) in [7, 11) is 1.73. The van der Waals surface area contributed by atoms with E-state index in [9.17, 15) is 14.4 Å². The number of benzene rings is 1. The molecule has 0 saturated heterocycles. The van der Waals surface area contributed by atoms with Gasteiger partial charge in [0.05, 0.1) is 0 Å². The number of nitrogens with one attached hydrogen (secondary N) is 3. The highest BCUT2D eigenvalue weighted by atomic mass is 16.2. The molecule has 1 aromatic carbocycles. The molecule has 2 aromatic rings. The third kappa shape index (κ3) is 4.50. The van der Waals surface area contributed by atoms with Crippen molar-refractivity contribution in [3.05, 3.63) is 59.4 Å². The molecule has 26 heavy (non-hydrogen) atoms. The van der Waals surface area contributed by atoms with E-state index < -0.39 is 17.9 Å². The topological polar surface area (TPSA) is 92.2 Å². The lowest BCUT2D eigenvalue weighted by atomic mass is 10.0. The molecule has 0 aliphatic heterocycles. The molecule has 0 aliphatic rings. The summed E-state index contributed by atoms with van der Waals surface area (Å²) >= 11 is 0. The first-order chi connectivity index (χ1) is 12.3. The fourth-order valence-electron chi connectivity index (χ4n) is 2.54. The zero-order chi connectivity index (χ0) is 19.3. The lowest BCUT2D eigenvalue weighted by Crippen LogP contribution is -2.54. The quantitative estimate of drug-likeness (QED) is 0.710. The summed E-state index contributed by atoms with van der Waals surface area (Å²) in [6.45, 7) is 5.47. The number of carbonyl (C=O) groups excluding carboxylic acids is 3. The van der Waals surface area contributed by atoms with Gasteiger partial charge in [0.25, 0.3) is 17.7 Å². The van der Waals surface area contributed by atoms with Crippen LogP contribution in [0.4, 0.5) is 0 Å². The predicted molar refractivity (Wildman–Crippen MR) is 98.3 cm³/mol. The number of hydrazine groups is 1. The van der Waals surface area contributed by atoms with Gasteiger partial charge in [0, 0.05) is 18.8 Å². The smallest absolute Gasteiger partial charge is 0.286 e. The van der Waals surface area contributed by atoms with Crippen LogP contribution in [-0.2, 0) is 11.8 Å². The van der Waals surface area contributed by atoms with Crippen LogP contribution in [0.15, 0.2) is 42.6 Å². The third-order valence-corrected chi connectivity index (χ3v) is 4.10. The van der Waals surface area contributed by atoms with Crippen molar-refractivity contribution in [2.24, 2.45) is 13.0 Å². The van der Waals surface area contributed by atoms with E-state index in [-0.39, 0.29) is 11.8 Å². The van der Waals surface area contributed by atoms with Crippen molar-refractivity contribution in [2.45, 2.75) is 26.8 Å². The molecule has 1 aromatic heterocycles. The van der Waals surface area contributed by atoms with Crippen LogP contribution in [-0.4, -0.2) is 28.3 Å².